The first-order valence-electron chi connectivity index (χ1n) is 8.52. The normalized spacial score (nSPS) is 20.6. The SMILES string of the molecule is N#Cc1cccc(N2CCCC(CO)(CCc3ccccc3)C2)n1. The number of anilines is 1. The Hall–Kier alpha value is -2.38. The van der Waals surface area contributed by atoms with E-state index in [2.05, 4.69) is 40.2 Å². The second-order valence-electron chi connectivity index (χ2n) is 6.66. The molecule has 1 fully saturated rings. The monoisotopic (exact) mass is 321 g/mol. The molecule has 1 aromatic carbocycles. The molecule has 3 rings (SSSR count). The minimum absolute atomic E-state index is 0.0988. The molecule has 4 heteroatoms. The zero-order valence-electron chi connectivity index (χ0n) is 13.9. The summed E-state index contributed by atoms with van der Waals surface area (Å²) in [6.07, 6.45) is 4.00. The van der Waals surface area contributed by atoms with Crippen molar-refractivity contribution in [3.8, 4) is 6.07 Å². The highest BCUT2D eigenvalue weighted by atomic mass is 16.3. The fraction of sp³-hybridized carbons (Fsp3) is 0.400. The summed E-state index contributed by atoms with van der Waals surface area (Å²) in [5.41, 5.74) is 1.65. The van der Waals surface area contributed by atoms with E-state index in [-0.39, 0.29) is 12.0 Å². The van der Waals surface area contributed by atoms with E-state index in [9.17, 15) is 5.11 Å². The Morgan fingerprint density at radius 3 is 2.75 bits per heavy atom. The van der Waals surface area contributed by atoms with Gasteiger partial charge >= 0.3 is 0 Å². The van der Waals surface area contributed by atoms with Crippen LogP contribution in [0.5, 0.6) is 0 Å². The van der Waals surface area contributed by atoms with Crippen molar-refractivity contribution in [1.29, 1.82) is 5.26 Å². The Morgan fingerprint density at radius 1 is 1.17 bits per heavy atom. The molecule has 0 spiro atoms. The molecule has 2 heterocycles. The molecule has 1 aromatic heterocycles. The van der Waals surface area contributed by atoms with Crippen molar-refractivity contribution in [3.63, 3.8) is 0 Å². The van der Waals surface area contributed by atoms with Gasteiger partial charge in [-0.3, -0.25) is 0 Å². The van der Waals surface area contributed by atoms with Crippen LogP contribution in [-0.2, 0) is 6.42 Å². The number of nitrogens with zero attached hydrogens (tertiary/aromatic N) is 3. The van der Waals surface area contributed by atoms with Crippen LogP contribution in [-0.4, -0.2) is 29.8 Å². The van der Waals surface area contributed by atoms with Gasteiger partial charge in [-0.25, -0.2) is 4.98 Å². The third-order valence-corrected chi connectivity index (χ3v) is 4.96. The number of benzene rings is 1. The fourth-order valence-corrected chi connectivity index (χ4v) is 3.53. The number of aliphatic hydroxyl groups is 1. The highest BCUT2D eigenvalue weighted by molar-refractivity contribution is 5.42. The summed E-state index contributed by atoms with van der Waals surface area (Å²) in [6.45, 7) is 1.90. The number of rotatable bonds is 5. The molecule has 0 bridgehead atoms. The predicted octanol–water partition coefficient (Wildman–Crippen LogP) is 3.16. The highest BCUT2D eigenvalue weighted by Crippen LogP contribution is 2.35. The second kappa shape index (κ2) is 7.46. The van der Waals surface area contributed by atoms with E-state index in [0.717, 1.165) is 44.6 Å². The van der Waals surface area contributed by atoms with E-state index >= 15 is 0 Å². The molecular formula is C20H23N3O. The Bertz CT molecular complexity index is 710. The number of pyridine rings is 1. The standard InChI is InChI=1S/C20H23N3O/c21-14-18-8-4-9-19(22-18)23-13-5-11-20(15-23,16-24)12-10-17-6-2-1-3-7-17/h1-4,6-9,24H,5,10-13,15-16H2. The largest absolute Gasteiger partial charge is 0.396 e. The van der Waals surface area contributed by atoms with Gasteiger partial charge in [-0.2, -0.15) is 5.26 Å². The van der Waals surface area contributed by atoms with Crippen molar-refractivity contribution in [3.05, 3.63) is 59.8 Å². The van der Waals surface area contributed by atoms with Crippen molar-refractivity contribution in [2.24, 2.45) is 5.41 Å². The van der Waals surface area contributed by atoms with Crippen LogP contribution in [0, 0.1) is 16.7 Å². The van der Waals surface area contributed by atoms with Gasteiger partial charge in [0.1, 0.15) is 17.6 Å². The summed E-state index contributed by atoms with van der Waals surface area (Å²) in [5, 5.41) is 19.1. The molecule has 1 atom stereocenters. The Labute approximate surface area is 143 Å². The molecule has 1 saturated heterocycles. The van der Waals surface area contributed by atoms with Crippen molar-refractivity contribution < 1.29 is 5.11 Å². The van der Waals surface area contributed by atoms with Crippen molar-refractivity contribution in [1.82, 2.24) is 4.98 Å². The van der Waals surface area contributed by atoms with Gasteiger partial charge in [0.05, 0.1) is 6.61 Å². The van der Waals surface area contributed by atoms with E-state index in [1.165, 1.54) is 5.56 Å². The lowest BCUT2D eigenvalue weighted by Crippen LogP contribution is -2.46. The first kappa shape index (κ1) is 16.5. The van der Waals surface area contributed by atoms with E-state index in [4.69, 9.17) is 5.26 Å². The van der Waals surface area contributed by atoms with E-state index in [1.807, 2.05) is 18.2 Å². The summed E-state index contributed by atoms with van der Waals surface area (Å²) in [5.74, 6) is 0.839. The van der Waals surface area contributed by atoms with E-state index < -0.39 is 0 Å². The van der Waals surface area contributed by atoms with Gasteiger partial charge in [0.25, 0.3) is 0 Å². The average Bonchev–Trinajstić information content (AvgIpc) is 2.67. The van der Waals surface area contributed by atoms with Crippen molar-refractivity contribution >= 4 is 5.82 Å². The van der Waals surface area contributed by atoms with Crippen molar-refractivity contribution in [2.45, 2.75) is 25.7 Å². The van der Waals surface area contributed by atoms with Crippen LogP contribution in [0.15, 0.2) is 48.5 Å². The summed E-state index contributed by atoms with van der Waals surface area (Å²) in [4.78, 5) is 6.63. The summed E-state index contributed by atoms with van der Waals surface area (Å²) in [7, 11) is 0. The van der Waals surface area contributed by atoms with E-state index in [1.54, 1.807) is 6.07 Å². The first-order chi connectivity index (χ1) is 11.7. The van der Waals surface area contributed by atoms with E-state index in [0.29, 0.717) is 5.69 Å². The van der Waals surface area contributed by atoms with Crippen LogP contribution in [0.25, 0.3) is 0 Å². The molecule has 0 radical (unpaired) electrons. The molecule has 0 saturated carbocycles. The molecule has 24 heavy (non-hydrogen) atoms. The molecule has 4 nitrogen and oxygen atoms in total. The van der Waals surface area contributed by atoms with Crippen LogP contribution in [0.3, 0.4) is 0 Å². The lowest BCUT2D eigenvalue weighted by Gasteiger charge is -2.42. The molecule has 0 amide bonds. The lowest BCUT2D eigenvalue weighted by molar-refractivity contribution is 0.0963. The Morgan fingerprint density at radius 2 is 2.00 bits per heavy atom. The molecule has 1 aliphatic rings. The molecule has 1 aliphatic heterocycles. The number of aryl methyl sites for hydroxylation is 1. The number of hydrogen-bond acceptors (Lipinski definition) is 4. The maximum atomic E-state index is 10.1. The summed E-state index contributed by atoms with van der Waals surface area (Å²) < 4.78 is 0. The Kier molecular flexibility index (Phi) is 5.12. The van der Waals surface area contributed by atoms with Crippen LogP contribution in [0.1, 0.15) is 30.5 Å². The number of hydrogen-bond donors (Lipinski definition) is 1. The minimum Gasteiger partial charge on any atom is -0.396 e. The smallest absolute Gasteiger partial charge is 0.142 e. The van der Waals surface area contributed by atoms with Gasteiger partial charge in [-0.05, 0) is 43.4 Å². The molecule has 2 aromatic rings. The van der Waals surface area contributed by atoms with Gasteiger partial charge in [0.2, 0.25) is 0 Å². The number of aliphatic hydroxyl groups excluding tert-OH is 1. The topological polar surface area (TPSA) is 60.2 Å². The summed E-state index contributed by atoms with van der Waals surface area (Å²) in [6, 6.07) is 18.1. The van der Waals surface area contributed by atoms with Gasteiger partial charge in [-0.15, -0.1) is 0 Å². The first-order valence-corrected chi connectivity index (χ1v) is 8.52. The van der Waals surface area contributed by atoms with Crippen LogP contribution >= 0.6 is 0 Å². The number of aromatic nitrogens is 1. The fourth-order valence-electron chi connectivity index (χ4n) is 3.53. The van der Waals surface area contributed by atoms with Crippen LogP contribution in [0.4, 0.5) is 5.82 Å². The van der Waals surface area contributed by atoms with Gasteiger partial charge < -0.3 is 10.0 Å². The molecule has 1 unspecified atom stereocenters. The third-order valence-electron chi connectivity index (χ3n) is 4.96. The third kappa shape index (κ3) is 3.74. The summed E-state index contributed by atoms with van der Waals surface area (Å²) >= 11 is 0. The Balaban J connectivity index is 1.73. The molecule has 124 valence electrons. The molecule has 1 N–H and O–H groups in total. The molecule has 0 aliphatic carbocycles. The maximum Gasteiger partial charge on any atom is 0.142 e. The van der Waals surface area contributed by atoms with Gasteiger partial charge in [-0.1, -0.05) is 36.4 Å². The number of nitriles is 1. The minimum atomic E-state index is -0.0988. The van der Waals surface area contributed by atoms with Crippen LogP contribution in [0.2, 0.25) is 0 Å². The average molecular weight is 321 g/mol. The van der Waals surface area contributed by atoms with Gasteiger partial charge in [0.15, 0.2) is 0 Å². The maximum absolute atomic E-state index is 10.1. The molecular weight excluding hydrogens is 298 g/mol. The quantitative estimate of drug-likeness (QED) is 0.919. The van der Waals surface area contributed by atoms with Crippen molar-refractivity contribution in [2.75, 3.05) is 24.6 Å². The predicted molar refractivity (Wildman–Crippen MR) is 94.7 cm³/mol. The zero-order valence-corrected chi connectivity index (χ0v) is 13.9. The van der Waals surface area contributed by atoms with Crippen LogP contribution < -0.4 is 4.90 Å². The number of piperidine rings is 1. The van der Waals surface area contributed by atoms with Gasteiger partial charge in [0, 0.05) is 18.5 Å². The lowest BCUT2D eigenvalue weighted by atomic mass is 9.76. The zero-order chi connectivity index (χ0) is 16.8. The second-order valence-corrected chi connectivity index (χ2v) is 6.66. The highest BCUT2D eigenvalue weighted by Gasteiger charge is 2.35.